The van der Waals surface area contributed by atoms with Gasteiger partial charge in [0.05, 0.1) is 17.9 Å². The van der Waals surface area contributed by atoms with Crippen molar-refractivity contribution < 1.29 is 9.59 Å². The summed E-state index contributed by atoms with van der Waals surface area (Å²) in [7, 11) is 0. The van der Waals surface area contributed by atoms with Crippen LogP contribution in [0.1, 0.15) is 20.8 Å². The fourth-order valence-corrected chi connectivity index (χ4v) is 2.12. The first-order valence-corrected chi connectivity index (χ1v) is 7.34. The van der Waals surface area contributed by atoms with Crippen LogP contribution in [0, 0.1) is 0 Å². The zero-order chi connectivity index (χ0) is 15.1. The molecule has 0 aliphatic rings. The third-order valence-corrected chi connectivity index (χ3v) is 3.32. The maximum atomic E-state index is 12.0. The van der Waals surface area contributed by atoms with Crippen LogP contribution in [-0.4, -0.2) is 36.3 Å². The maximum absolute atomic E-state index is 12.0. The molecule has 1 rings (SSSR count). The van der Waals surface area contributed by atoms with Crippen LogP contribution in [0.15, 0.2) is 22.7 Å². The second-order valence-electron chi connectivity index (χ2n) is 4.38. The standard InChI is InChI=1S/C14H20BrN3O2/c1-4-18(5-2)9-14(20)17-13-8-11(15)6-7-12(13)16-10(3)19/h6-8H,4-5,9H2,1-3H3,(H,16,19)(H,17,20). The van der Waals surface area contributed by atoms with E-state index in [-0.39, 0.29) is 11.8 Å². The van der Waals surface area contributed by atoms with Gasteiger partial charge in [0.1, 0.15) is 0 Å². The Kier molecular flexibility index (Phi) is 6.67. The number of carbonyl (C=O) groups excluding carboxylic acids is 2. The van der Waals surface area contributed by atoms with Crippen molar-refractivity contribution in [2.45, 2.75) is 20.8 Å². The lowest BCUT2D eigenvalue weighted by Gasteiger charge is -2.18. The van der Waals surface area contributed by atoms with Gasteiger partial charge in [-0.2, -0.15) is 0 Å². The van der Waals surface area contributed by atoms with Gasteiger partial charge in [0.15, 0.2) is 0 Å². The van der Waals surface area contributed by atoms with Crippen molar-refractivity contribution in [3.8, 4) is 0 Å². The predicted molar refractivity (Wildman–Crippen MR) is 84.9 cm³/mol. The summed E-state index contributed by atoms with van der Waals surface area (Å²) in [5.41, 5.74) is 1.18. The number of nitrogens with one attached hydrogen (secondary N) is 2. The van der Waals surface area contributed by atoms with Crippen molar-refractivity contribution in [3.63, 3.8) is 0 Å². The second kappa shape index (κ2) is 8.01. The molecule has 2 amide bonds. The van der Waals surface area contributed by atoms with E-state index in [0.717, 1.165) is 17.6 Å². The first-order valence-electron chi connectivity index (χ1n) is 6.55. The molecule has 0 aromatic heterocycles. The lowest BCUT2D eigenvalue weighted by molar-refractivity contribution is -0.117. The molecule has 2 N–H and O–H groups in total. The Morgan fingerprint density at radius 1 is 1.15 bits per heavy atom. The molecule has 0 aliphatic heterocycles. The molecule has 1 aromatic carbocycles. The van der Waals surface area contributed by atoms with Crippen LogP contribution < -0.4 is 10.6 Å². The van der Waals surface area contributed by atoms with Crippen LogP contribution in [0.25, 0.3) is 0 Å². The summed E-state index contributed by atoms with van der Waals surface area (Å²) in [5, 5.41) is 5.53. The quantitative estimate of drug-likeness (QED) is 0.836. The van der Waals surface area contributed by atoms with Gasteiger partial charge in [0.2, 0.25) is 11.8 Å². The van der Waals surface area contributed by atoms with Crippen LogP contribution >= 0.6 is 15.9 Å². The van der Waals surface area contributed by atoms with Gasteiger partial charge in [-0.05, 0) is 31.3 Å². The fraction of sp³-hybridized carbons (Fsp3) is 0.429. The molecule has 0 saturated carbocycles. The predicted octanol–water partition coefficient (Wildman–Crippen LogP) is 2.69. The highest BCUT2D eigenvalue weighted by molar-refractivity contribution is 9.10. The molecule has 0 saturated heterocycles. The summed E-state index contributed by atoms with van der Waals surface area (Å²) in [4.78, 5) is 25.2. The van der Waals surface area contributed by atoms with E-state index in [1.807, 2.05) is 24.8 Å². The van der Waals surface area contributed by atoms with E-state index in [9.17, 15) is 9.59 Å². The zero-order valence-electron chi connectivity index (χ0n) is 12.0. The average molecular weight is 342 g/mol. The molecule has 0 aliphatic carbocycles. The maximum Gasteiger partial charge on any atom is 0.238 e. The third-order valence-electron chi connectivity index (χ3n) is 2.83. The van der Waals surface area contributed by atoms with Crippen molar-refractivity contribution in [2.75, 3.05) is 30.3 Å². The van der Waals surface area contributed by atoms with Crippen molar-refractivity contribution >= 4 is 39.1 Å². The lowest BCUT2D eigenvalue weighted by atomic mass is 10.2. The van der Waals surface area contributed by atoms with Gasteiger partial charge in [-0.25, -0.2) is 0 Å². The molecule has 5 nitrogen and oxygen atoms in total. The van der Waals surface area contributed by atoms with Gasteiger partial charge in [-0.15, -0.1) is 0 Å². The molecule has 0 radical (unpaired) electrons. The number of halogens is 1. The van der Waals surface area contributed by atoms with Gasteiger partial charge < -0.3 is 10.6 Å². The minimum atomic E-state index is -0.174. The largest absolute Gasteiger partial charge is 0.325 e. The summed E-state index contributed by atoms with van der Waals surface area (Å²) in [6.07, 6.45) is 0. The number of rotatable bonds is 6. The summed E-state index contributed by atoms with van der Waals surface area (Å²) in [5.74, 6) is -0.273. The smallest absolute Gasteiger partial charge is 0.238 e. The first-order chi connectivity index (χ1) is 9.46. The van der Waals surface area contributed by atoms with Crippen LogP contribution in [0.4, 0.5) is 11.4 Å². The van der Waals surface area contributed by atoms with Gasteiger partial charge in [0.25, 0.3) is 0 Å². The molecule has 1 aromatic rings. The molecule has 0 bridgehead atoms. The topological polar surface area (TPSA) is 61.4 Å². The van der Waals surface area contributed by atoms with E-state index >= 15 is 0 Å². The Bertz CT molecular complexity index is 487. The molecule has 0 spiro atoms. The van der Waals surface area contributed by atoms with E-state index < -0.39 is 0 Å². The van der Waals surface area contributed by atoms with Crippen LogP contribution in [-0.2, 0) is 9.59 Å². The zero-order valence-corrected chi connectivity index (χ0v) is 13.6. The molecular weight excluding hydrogens is 322 g/mol. The number of carbonyl (C=O) groups is 2. The van der Waals surface area contributed by atoms with Crippen molar-refractivity contribution in [2.24, 2.45) is 0 Å². The van der Waals surface area contributed by atoms with Crippen LogP contribution in [0.2, 0.25) is 0 Å². The Hall–Kier alpha value is -1.40. The monoisotopic (exact) mass is 341 g/mol. The third kappa shape index (κ3) is 5.30. The van der Waals surface area contributed by atoms with Crippen LogP contribution in [0.5, 0.6) is 0 Å². The molecule has 20 heavy (non-hydrogen) atoms. The Labute approximate surface area is 127 Å². The summed E-state index contributed by atoms with van der Waals surface area (Å²) >= 11 is 3.36. The molecule has 0 unspecified atom stereocenters. The molecule has 0 fully saturated rings. The summed E-state index contributed by atoms with van der Waals surface area (Å²) < 4.78 is 0.838. The highest BCUT2D eigenvalue weighted by Crippen LogP contribution is 2.26. The van der Waals surface area contributed by atoms with Crippen molar-refractivity contribution in [1.82, 2.24) is 4.90 Å². The SMILES string of the molecule is CCN(CC)CC(=O)Nc1cc(Br)ccc1NC(C)=O. The van der Waals surface area contributed by atoms with Crippen LogP contribution in [0.3, 0.4) is 0 Å². The molecule has 6 heteroatoms. The Morgan fingerprint density at radius 3 is 2.35 bits per heavy atom. The number of hydrogen-bond acceptors (Lipinski definition) is 3. The Balaban J connectivity index is 2.82. The first kappa shape index (κ1) is 16.7. The molecule has 0 atom stereocenters. The lowest BCUT2D eigenvalue weighted by Crippen LogP contribution is -2.33. The second-order valence-corrected chi connectivity index (χ2v) is 5.30. The Morgan fingerprint density at radius 2 is 1.80 bits per heavy atom. The summed E-state index contributed by atoms with van der Waals surface area (Å²) in [6, 6.07) is 5.33. The van der Waals surface area contributed by atoms with Gasteiger partial charge in [-0.1, -0.05) is 29.8 Å². The van der Waals surface area contributed by atoms with E-state index in [4.69, 9.17) is 0 Å². The van der Waals surface area contributed by atoms with Crippen molar-refractivity contribution in [1.29, 1.82) is 0 Å². The van der Waals surface area contributed by atoms with E-state index in [1.54, 1.807) is 12.1 Å². The highest BCUT2D eigenvalue weighted by Gasteiger charge is 2.11. The highest BCUT2D eigenvalue weighted by atomic mass is 79.9. The normalized spacial score (nSPS) is 10.4. The van der Waals surface area contributed by atoms with E-state index in [0.29, 0.717) is 17.9 Å². The number of hydrogen-bond donors (Lipinski definition) is 2. The van der Waals surface area contributed by atoms with E-state index in [2.05, 4.69) is 26.6 Å². The van der Waals surface area contributed by atoms with Gasteiger partial charge in [-0.3, -0.25) is 14.5 Å². The van der Waals surface area contributed by atoms with Gasteiger partial charge >= 0.3 is 0 Å². The number of nitrogens with zero attached hydrogens (tertiary/aromatic N) is 1. The fourth-order valence-electron chi connectivity index (χ4n) is 1.76. The minimum absolute atomic E-state index is 0.0987. The number of anilines is 2. The molecule has 0 heterocycles. The minimum Gasteiger partial charge on any atom is -0.325 e. The average Bonchev–Trinajstić information content (AvgIpc) is 2.38. The van der Waals surface area contributed by atoms with Gasteiger partial charge in [0, 0.05) is 11.4 Å². The number of benzene rings is 1. The number of likely N-dealkylation sites (N-methyl/N-ethyl adjacent to an activating group) is 1. The number of amides is 2. The molecule has 110 valence electrons. The summed E-state index contributed by atoms with van der Waals surface area (Å²) in [6.45, 7) is 7.43. The van der Waals surface area contributed by atoms with Crippen molar-refractivity contribution in [3.05, 3.63) is 22.7 Å². The van der Waals surface area contributed by atoms with E-state index in [1.165, 1.54) is 6.92 Å². The molecular formula is C14H20BrN3O2.